The molecular formula is C35H37Cl2N3O5S. The summed E-state index contributed by atoms with van der Waals surface area (Å²) in [5.41, 5.74) is 1.65. The summed E-state index contributed by atoms with van der Waals surface area (Å²) in [5, 5.41) is 3.66. The van der Waals surface area contributed by atoms with E-state index in [1.54, 1.807) is 60.7 Å². The largest absolute Gasteiger partial charge is 0.494 e. The predicted molar refractivity (Wildman–Crippen MR) is 183 cm³/mol. The normalized spacial score (nSPS) is 11.8. The molecule has 0 saturated carbocycles. The Morgan fingerprint density at radius 1 is 0.870 bits per heavy atom. The molecule has 4 aromatic carbocycles. The number of nitrogens with zero attached hydrogens (tertiary/aromatic N) is 2. The smallest absolute Gasteiger partial charge is 0.264 e. The van der Waals surface area contributed by atoms with E-state index in [0.717, 1.165) is 9.87 Å². The number of hydrogen-bond acceptors (Lipinski definition) is 5. The molecule has 0 aromatic heterocycles. The van der Waals surface area contributed by atoms with Crippen LogP contribution in [0.5, 0.6) is 5.75 Å². The first-order valence-corrected chi connectivity index (χ1v) is 17.2. The zero-order chi connectivity index (χ0) is 33.1. The maximum atomic E-state index is 14.5. The highest BCUT2D eigenvalue weighted by atomic mass is 35.5. The van der Waals surface area contributed by atoms with Gasteiger partial charge >= 0.3 is 0 Å². The topological polar surface area (TPSA) is 96.0 Å². The fourth-order valence-corrected chi connectivity index (χ4v) is 6.78. The van der Waals surface area contributed by atoms with Crippen LogP contribution in [0.2, 0.25) is 10.0 Å². The lowest BCUT2D eigenvalue weighted by Gasteiger charge is -2.34. The summed E-state index contributed by atoms with van der Waals surface area (Å²) in [5.74, 6) is -0.390. The molecule has 0 heterocycles. The van der Waals surface area contributed by atoms with E-state index in [1.165, 1.54) is 17.0 Å². The number of nitrogens with one attached hydrogen (secondary N) is 1. The number of carbonyl (C=O) groups is 2. The first-order chi connectivity index (χ1) is 22.1. The molecule has 1 atom stereocenters. The summed E-state index contributed by atoms with van der Waals surface area (Å²) in [6.07, 6.45) is 0.892. The van der Waals surface area contributed by atoms with Gasteiger partial charge in [-0.05, 0) is 73.0 Å². The number of benzene rings is 4. The zero-order valence-corrected chi connectivity index (χ0v) is 28.1. The monoisotopic (exact) mass is 681 g/mol. The molecule has 0 unspecified atom stereocenters. The van der Waals surface area contributed by atoms with E-state index >= 15 is 0 Å². The van der Waals surface area contributed by atoms with Crippen LogP contribution in [-0.2, 0) is 32.6 Å². The lowest BCUT2D eigenvalue weighted by atomic mass is 10.0. The van der Waals surface area contributed by atoms with Gasteiger partial charge in [-0.3, -0.25) is 13.9 Å². The van der Waals surface area contributed by atoms with Crippen LogP contribution in [0.4, 0.5) is 5.69 Å². The van der Waals surface area contributed by atoms with E-state index in [1.807, 2.05) is 44.2 Å². The number of rotatable bonds is 15. The van der Waals surface area contributed by atoms with E-state index < -0.39 is 28.5 Å². The Kier molecular flexibility index (Phi) is 12.5. The van der Waals surface area contributed by atoms with E-state index in [4.69, 9.17) is 27.9 Å². The number of halogens is 2. The third-order valence-electron chi connectivity index (χ3n) is 7.22. The number of sulfonamides is 1. The molecule has 1 N–H and O–H groups in total. The SMILES string of the molecule is CCCNC(=O)[C@@H](Cc1ccccc1)N(Cc1ccc(Cl)cc1Cl)C(=O)CN(c1ccc(OCC)cc1)S(=O)(=O)c1ccccc1. The summed E-state index contributed by atoms with van der Waals surface area (Å²) < 4.78 is 34.8. The molecule has 0 fully saturated rings. The highest BCUT2D eigenvalue weighted by molar-refractivity contribution is 7.92. The average Bonchev–Trinajstić information content (AvgIpc) is 3.06. The Morgan fingerprint density at radius 2 is 1.52 bits per heavy atom. The van der Waals surface area contributed by atoms with E-state index in [-0.39, 0.29) is 29.5 Å². The van der Waals surface area contributed by atoms with Crippen LogP contribution in [0.3, 0.4) is 0 Å². The summed E-state index contributed by atoms with van der Waals surface area (Å²) in [6, 6.07) is 27.7. The molecule has 4 aromatic rings. The van der Waals surface area contributed by atoms with Gasteiger partial charge in [0.2, 0.25) is 11.8 Å². The summed E-state index contributed by atoms with van der Waals surface area (Å²) >= 11 is 12.7. The van der Waals surface area contributed by atoms with Gasteiger partial charge in [0.1, 0.15) is 18.3 Å². The van der Waals surface area contributed by atoms with Crippen molar-refractivity contribution < 1.29 is 22.7 Å². The van der Waals surface area contributed by atoms with Crippen molar-refractivity contribution in [3.63, 3.8) is 0 Å². The second-order valence-electron chi connectivity index (χ2n) is 10.5. The van der Waals surface area contributed by atoms with Crippen molar-refractivity contribution in [1.29, 1.82) is 0 Å². The minimum atomic E-state index is -4.21. The average molecular weight is 683 g/mol. The van der Waals surface area contributed by atoms with Gasteiger partial charge < -0.3 is 15.0 Å². The maximum Gasteiger partial charge on any atom is 0.264 e. The molecule has 0 saturated heterocycles. The second-order valence-corrected chi connectivity index (χ2v) is 13.2. The number of amides is 2. The Balaban J connectivity index is 1.80. The van der Waals surface area contributed by atoms with Crippen molar-refractivity contribution in [2.24, 2.45) is 0 Å². The van der Waals surface area contributed by atoms with Gasteiger partial charge in [-0.1, -0.05) is 84.7 Å². The molecule has 0 aliphatic carbocycles. The van der Waals surface area contributed by atoms with Crippen LogP contribution in [0.25, 0.3) is 0 Å². The van der Waals surface area contributed by atoms with Crippen molar-refractivity contribution in [2.45, 2.75) is 44.2 Å². The number of carbonyl (C=O) groups excluding carboxylic acids is 2. The van der Waals surface area contributed by atoms with Gasteiger partial charge in [0.25, 0.3) is 10.0 Å². The summed E-state index contributed by atoms with van der Waals surface area (Å²) in [4.78, 5) is 29.7. The van der Waals surface area contributed by atoms with Gasteiger partial charge in [0, 0.05) is 29.6 Å². The standard InChI is InChI=1S/C35H37Cl2N3O5S/c1-3-21-38-35(42)33(22-26-11-7-5-8-12-26)39(24-27-15-16-28(36)23-32(27)37)34(41)25-40(29-17-19-30(20-18-29)45-4-2)46(43,44)31-13-9-6-10-14-31/h5-20,23,33H,3-4,21-22,24-25H2,1-2H3,(H,38,42)/t33-/m1/s1. The quantitative estimate of drug-likeness (QED) is 0.150. The van der Waals surface area contributed by atoms with Gasteiger partial charge in [0.15, 0.2) is 0 Å². The Labute approximate surface area is 280 Å². The molecule has 11 heteroatoms. The summed E-state index contributed by atoms with van der Waals surface area (Å²) in [7, 11) is -4.21. The third kappa shape index (κ3) is 9.02. The number of hydrogen-bond donors (Lipinski definition) is 1. The van der Waals surface area contributed by atoms with Crippen LogP contribution in [0.15, 0.2) is 108 Å². The van der Waals surface area contributed by atoms with E-state index in [9.17, 15) is 18.0 Å². The van der Waals surface area contributed by atoms with Crippen molar-refractivity contribution in [3.8, 4) is 5.75 Å². The molecule has 0 spiro atoms. The van der Waals surface area contributed by atoms with Crippen molar-refractivity contribution in [1.82, 2.24) is 10.2 Å². The van der Waals surface area contributed by atoms with E-state index in [2.05, 4.69) is 5.32 Å². The first-order valence-electron chi connectivity index (χ1n) is 15.0. The Morgan fingerprint density at radius 3 is 2.13 bits per heavy atom. The molecule has 0 bridgehead atoms. The molecular weight excluding hydrogens is 645 g/mol. The molecule has 0 aliphatic rings. The van der Waals surface area contributed by atoms with Crippen LogP contribution in [-0.4, -0.2) is 50.9 Å². The fraction of sp³-hybridized carbons (Fsp3) is 0.257. The van der Waals surface area contributed by atoms with Crippen LogP contribution in [0, 0.1) is 0 Å². The Bertz CT molecular complexity index is 1710. The zero-order valence-electron chi connectivity index (χ0n) is 25.7. The molecule has 2 amide bonds. The number of anilines is 1. The lowest BCUT2D eigenvalue weighted by molar-refractivity contribution is -0.140. The van der Waals surface area contributed by atoms with Crippen LogP contribution < -0.4 is 14.4 Å². The minimum absolute atomic E-state index is 0.0190. The van der Waals surface area contributed by atoms with Gasteiger partial charge in [-0.25, -0.2) is 8.42 Å². The maximum absolute atomic E-state index is 14.5. The molecule has 8 nitrogen and oxygen atoms in total. The van der Waals surface area contributed by atoms with Crippen LogP contribution in [0.1, 0.15) is 31.4 Å². The molecule has 46 heavy (non-hydrogen) atoms. The predicted octanol–water partition coefficient (Wildman–Crippen LogP) is 6.75. The first kappa shape index (κ1) is 34.8. The highest BCUT2D eigenvalue weighted by Gasteiger charge is 2.34. The third-order valence-corrected chi connectivity index (χ3v) is 9.60. The van der Waals surface area contributed by atoms with Crippen molar-refractivity contribution in [2.75, 3.05) is 24.0 Å². The lowest BCUT2D eigenvalue weighted by Crippen LogP contribution is -2.53. The highest BCUT2D eigenvalue weighted by Crippen LogP contribution is 2.28. The summed E-state index contributed by atoms with van der Waals surface area (Å²) in [6.45, 7) is 4.00. The van der Waals surface area contributed by atoms with E-state index in [0.29, 0.717) is 40.9 Å². The van der Waals surface area contributed by atoms with Gasteiger partial charge in [-0.2, -0.15) is 0 Å². The van der Waals surface area contributed by atoms with Crippen LogP contribution >= 0.6 is 23.2 Å². The molecule has 242 valence electrons. The fourth-order valence-electron chi connectivity index (χ4n) is 4.88. The van der Waals surface area contributed by atoms with Gasteiger partial charge in [-0.15, -0.1) is 0 Å². The number of ether oxygens (including phenoxy) is 1. The van der Waals surface area contributed by atoms with Crippen molar-refractivity contribution in [3.05, 3.63) is 124 Å². The minimum Gasteiger partial charge on any atom is -0.494 e. The molecule has 0 radical (unpaired) electrons. The molecule has 4 rings (SSSR count). The van der Waals surface area contributed by atoms with Gasteiger partial charge in [0.05, 0.1) is 17.2 Å². The Hall–Kier alpha value is -4.05. The second kappa shape index (κ2) is 16.5. The molecule has 0 aliphatic heterocycles. The van der Waals surface area contributed by atoms with Crippen molar-refractivity contribution >= 4 is 50.7 Å².